The molecule has 1 N–H and O–H groups in total. The number of aromatic nitrogens is 1. The van der Waals surface area contributed by atoms with E-state index in [1.807, 2.05) is 0 Å². The van der Waals surface area contributed by atoms with Crippen LogP contribution in [0.5, 0.6) is 0 Å². The molecule has 1 aliphatic carbocycles. The molecule has 0 saturated heterocycles. The molecule has 0 spiro atoms. The second-order valence-electron chi connectivity index (χ2n) is 5.28. The standard InChI is InChI=1S/C14H20N2O3S/c17-14(13-6-9-15-10-7-13)16-20(18,19)11-8-12-4-2-1-3-5-12/h6-7,9-10,12H,1-5,8,11H2,(H,16,17). The Morgan fingerprint density at radius 2 is 1.85 bits per heavy atom. The molecule has 1 aromatic rings. The van der Waals surface area contributed by atoms with Gasteiger partial charge in [0.25, 0.3) is 5.91 Å². The van der Waals surface area contributed by atoms with Gasteiger partial charge in [-0.05, 0) is 24.5 Å². The largest absolute Gasteiger partial charge is 0.268 e. The smallest absolute Gasteiger partial charge is 0.264 e. The Morgan fingerprint density at radius 3 is 2.50 bits per heavy atom. The van der Waals surface area contributed by atoms with Crippen molar-refractivity contribution in [3.63, 3.8) is 0 Å². The van der Waals surface area contributed by atoms with Crippen LogP contribution in [-0.2, 0) is 10.0 Å². The van der Waals surface area contributed by atoms with Crippen LogP contribution in [0.3, 0.4) is 0 Å². The van der Waals surface area contributed by atoms with Gasteiger partial charge in [0.15, 0.2) is 0 Å². The molecular weight excluding hydrogens is 276 g/mol. The highest BCUT2D eigenvalue weighted by Crippen LogP contribution is 2.26. The number of nitrogens with zero attached hydrogens (tertiary/aromatic N) is 1. The van der Waals surface area contributed by atoms with Gasteiger partial charge in [-0.25, -0.2) is 13.1 Å². The first-order valence-corrected chi connectivity index (χ1v) is 8.67. The lowest BCUT2D eigenvalue weighted by Crippen LogP contribution is -2.33. The second kappa shape index (κ2) is 6.83. The van der Waals surface area contributed by atoms with E-state index in [0.717, 1.165) is 12.8 Å². The van der Waals surface area contributed by atoms with E-state index >= 15 is 0 Å². The molecule has 2 rings (SSSR count). The van der Waals surface area contributed by atoms with E-state index in [9.17, 15) is 13.2 Å². The minimum absolute atomic E-state index is 0.0223. The Kier molecular flexibility index (Phi) is 5.11. The highest BCUT2D eigenvalue weighted by Gasteiger charge is 2.20. The summed E-state index contributed by atoms with van der Waals surface area (Å²) in [5.74, 6) is -0.0820. The highest BCUT2D eigenvalue weighted by atomic mass is 32.2. The van der Waals surface area contributed by atoms with Crippen LogP contribution in [0.1, 0.15) is 48.9 Å². The molecule has 1 heterocycles. The number of rotatable bonds is 5. The van der Waals surface area contributed by atoms with Gasteiger partial charge < -0.3 is 0 Å². The molecule has 20 heavy (non-hydrogen) atoms. The minimum atomic E-state index is -3.55. The average molecular weight is 296 g/mol. The number of carbonyl (C=O) groups excluding carboxylic acids is 1. The van der Waals surface area contributed by atoms with Gasteiger partial charge in [0.2, 0.25) is 10.0 Å². The first kappa shape index (κ1) is 15.0. The maximum absolute atomic E-state index is 11.9. The Bertz CT molecular complexity index is 537. The SMILES string of the molecule is O=C(NS(=O)(=O)CCC1CCCCC1)c1ccncc1. The molecule has 0 aromatic carbocycles. The summed E-state index contributed by atoms with van der Waals surface area (Å²) in [6.07, 6.45) is 9.40. The quantitative estimate of drug-likeness (QED) is 0.903. The topological polar surface area (TPSA) is 76.1 Å². The molecule has 6 heteroatoms. The molecule has 0 atom stereocenters. The normalized spacial score (nSPS) is 16.8. The lowest BCUT2D eigenvalue weighted by molar-refractivity contribution is 0.0981. The molecule has 0 bridgehead atoms. The fraction of sp³-hybridized carbons (Fsp3) is 0.571. The predicted octanol–water partition coefficient (Wildman–Crippen LogP) is 2.11. The molecule has 1 fully saturated rings. The van der Waals surface area contributed by atoms with Crippen molar-refractivity contribution in [3.8, 4) is 0 Å². The summed E-state index contributed by atoms with van der Waals surface area (Å²) in [6.45, 7) is 0. The maximum atomic E-state index is 11.9. The van der Waals surface area contributed by atoms with Gasteiger partial charge >= 0.3 is 0 Å². The maximum Gasteiger partial charge on any atom is 0.264 e. The van der Waals surface area contributed by atoms with Gasteiger partial charge in [0.1, 0.15) is 0 Å². The molecule has 1 saturated carbocycles. The van der Waals surface area contributed by atoms with Crippen LogP contribution in [0, 0.1) is 5.92 Å². The van der Waals surface area contributed by atoms with Crippen molar-refractivity contribution < 1.29 is 13.2 Å². The van der Waals surface area contributed by atoms with Crippen molar-refractivity contribution in [3.05, 3.63) is 30.1 Å². The van der Waals surface area contributed by atoms with Gasteiger partial charge in [-0.3, -0.25) is 9.78 Å². The average Bonchev–Trinajstić information content (AvgIpc) is 2.47. The molecule has 0 radical (unpaired) electrons. The summed E-state index contributed by atoms with van der Waals surface area (Å²) < 4.78 is 25.9. The van der Waals surface area contributed by atoms with Crippen LogP contribution >= 0.6 is 0 Å². The summed E-state index contributed by atoms with van der Waals surface area (Å²) in [5.41, 5.74) is 0.307. The third-order valence-corrected chi connectivity index (χ3v) is 4.98. The van der Waals surface area contributed by atoms with E-state index in [4.69, 9.17) is 0 Å². The van der Waals surface area contributed by atoms with Crippen molar-refractivity contribution in [1.29, 1.82) is 0 Å². The number of hydrogen-bond acceptors (Lipinski definition) is 4. The van der Waals surface area contributed by atoms with E-state index < -0.39 is 15.9 Å². The van der Waals surface area contributed by atoms with Gasteiger partial charge in [0, 0.05) is 18.0 Å². The van der Waals surface area contributed by atoms with E-state index in [2.05, 4.69) is 9.71 Å². The van der Waals surface area contributed by atoms with Gasteiger partial charge in [-0.15, -0.1) is 0 Å². The lowest BCUT2D eigenvalue weighted by atomic mass is 9.88. The number of sulfonamides is 1. The Labute approximate surface area is 119 Å². The van der Waals surface area contributed by atoms with E-state index in [1.165, 1.54) is 43.8 Å². The van der Waals surface area contributed by atoms with Gasteiger partial charge in [-0.1, -0.05) is 32.1 Å². The Morgan fingerprint density at radius 1 is 1.20 bits per heavy atom. The van der Waals surface area contributed by atoms with Crippen LogP contribution in [0.15, 0.2) is 24.5 Å². The molecule has 1 aliphatic rings. The lowest BCUT2D eigenvalue weighted by Gasteiger charge is -2.21. The van der Waals surface area contributed by atoms with Crippen LogP contribution in [0.4, 0.5) is 0 Å². The van der Waals surface area contributed by atoms with E-state index in [1.54, 1.807) is 0 Å². The first-order valence-electron chi connectivity index (χ1n) is 7.02. The summed E-state index contributed by atoms with van der Waals surface area (Å²) in [5, 5.41) is 0. The summed E-state index contributed by atoms with van der Waals surface area (Å²) in [4.78, 5) is 15.6. The molecule has 1 amide bonds. The summed E-state index contributed by atoms with van der Waals surface area (Å²) in [6, 6.07) is 2.98. The number of carbonyl (C=O) groups is 1. The molecule has 1 aromatic heterocycles. The molecule has 0 aliphatic heterocycles. The molecule has 0 unspecified atom stereocenters. The molecule has 110 valence electrons. The van der Waals surface area contributed by atoms with Crippen molar-refractivity contribution in [2.24, 2.45) is 5.92 Å². The fourth-order valence-corrected chi connectivity index (χ4v) is 3.70. The van der Waals surface area contributed by atoms with Crippen molar-refractivity contribution in [1.82, 2.24) is 9.71 Å². The van der Waals surface area contributed by atoms with Crippen molar-refractivity contribution >= 4 is 15.9 Å². The summed E-state index contributed by atoms with van der Waals surface area (Å²) >= 11 is 0. The number of amides is 1. The third-order valence-electron chi connectivity index (χ3n) is 3.71. The van der Waals surface area contributed by atoms with Gasteiger partial charge in [-0.2, -0.15) is 0 Å². The van der Waals surface area contributed by atoms with Crippen molar-refractivity contribution in [2.45, 2.75) is 38.5 Å². The first-order chi connectivity index (χ1) is 9.57. The zero-order valence-corrected chi connectivity index (χ0v) is 12.2. The number of pyridine rings is 1. The third kappa shape index (κ3) is 4.59. The minimum Gasteiger partial charge on any atom is -0.268 e. The predicted molar refractivity (Wildman–Crippen MR) is 76.7 cm³/mol. The zero-order chi connectivity index (χ0) is 14.4. The Balaban J connectivity index is 1.85. The monoisotopic (exact) mass is 296 g/mol. The highest BCUT2D eigenvalue weighted by molar-refractivity contribution is 7.90. The Hall–Kier alpha value is -1.43. The van der Waals surface area contributed by atoms with Gasteiger partial charge in [0.05, 0.1) is 5.75 Å². The summed E-state index contributed by atoms with van der Waals surface area (Å²) in [7, 11) is -3.55. The second-order valence-corrected chi connectivity index (χ2v) is 7.12. The van der Waals surface area contributed by atoms with Crippen LogP contribution in [0.2, 0.25) is 0 Å². The van der Waals surface area contributed by atoms with Crippen LogP contribution < -0.4 is 4.72 Å². The number of nitrogens with one attached hydrogen (secondary N) is 1. The zero-order valence-electron chi connectivity index (χ0n) is 11.4. The molecular formula is C14H20N2O3S. The number of hydrogen-bond donors (Lipinski definition) is 1. The van der Waals surface area contributed by atoms with Crippen LogP contribution in [0.25, 0.3) is 0 Å². The fourth-order valence-electron chi connectivity index (χ4n) is 2.55. The van der Waals surface area contributed by atoms with E-state index in [-0.39, 0.29) is 5.75 Å². The van der Waals surface area contributed by atoms with Crippen molar-refractivity contribution in [2.75, 3.05) is 5.75 Å². The molecule has 5 nitrogen and oxygen atoms in total. The van der Waals surface area contributed by atoms with E-state index in [0.29, 0.717) is 17.9 Å². The van der Waals surface area contributed by atoms with Crippen LogP contribution in [-0.4, -0.2) is 25.1 Å².